The summed E-state index contributed by atoms with van der Waals surface area (Å²) in [6, 6.07) is 7.56. The normalized spacial score (nSPS) is 12.3. The first-order valence-corrected chi connectivity index (χ1v) is 13.3. The van der Waals surface area contributed by atoms with E-state index in [0.29, 0.717) is 5.56 Å². The van der Waals surface area contributed by atoms with Gasteiger partial charge in [0.25, 0.3) is 0 Å². The molecule has 2 heterocycles. The van der Waals surface area contributed by atoms with Gasteiger partial charge in [0.05, 0.1) is 5.69 Å². The highest BCUT2D eigenvalue weighted by molar-refractivity contribution is 7.87. The van der Waals surface area contributed by atoms with Crippen molar-refractivity contribution >= 4 is 43.6 Å². The Morgan fingerprint density at radius 1 is 1.03 bits per heavy atom. The molecule has 0 spiro atoms. The Morgan fingerprint density at radius 3 is 2.22 bits per heavy atom. The molecule has 0 aliphatic rings. The monoisotopic (exact) mass is 554 g/mol. The molecule has 0 aliphatic carbocycles. The number of aromatic nitrogens is 4. The van der Waals surface area contributed by atoms with Gasteiger partial charge in [0.2, 0.25) is 0 Å². The number of imidazole rings is 1. The van der Waals surface area contributed by atoms with E-state index in [1.165, 1.54) is 69.0 Å². The van der Waals surface area contributed by atoms with Crippen LogP contribution in [0.1, 0.15) is 11.3 Å². The highest BCUT2D eigenvalue weighted by Gasteiger charge is 2.25. The Kier molecular flexibility index (Phi) is 8.24. The van der Waals surface area contributed by atoms with E-state index in [1.54, 1.807) is 0 Å². The molecule has 4 rings (SSSR count). The molecule has 198 valence electrons. The average molecular weight is 555 g/mol. The van der Waals surface area contributed by atoms with Crippen LogP contribution in [0, 0.1) is 11.6 Å². The van der Waals surface area contributed by atoms with E-state index in [9.17, 15) is 25.8 Å². The lowest BCUT2D eigenvalue weighted by molar-refractivity contribution is 0.466. The second-order valence-electron chi connectivity index (χ2n) is 7.78. The van der Waals surface area contributed by atoms with E-state index in [1.807, 2.05) is 14.1 Å². The van der Waals surface area contributed by atoms with Gasteiger partial charge in [-0.3, -0.25) is 4.55 Å². The van der Waals surface area contributed by atoms with Crippen molar-refractivity contribution in [2.24, 2.45) is 0 Å². The van der Waals surface area contributed by atoms with E-state index >= 15 is 4.39 Å². The first-order valence-electron chi connectivity index (χ1n) is 10.5. The Bertz CT molecular complexity index is 1660. The molecule has 2 N–H and O–H groups in total. The highest BCUT2D eigenvalue weighted by atomic mass is 32.2. The summed E-state index contributed by atoms with van der Waals surface area (Å²) >= 11 is 0. The molecule has 0 fully saturated rings. The van der Waals surface area contributed by atoms with Crippen molar-refractivity contribution in [1.29, 1.82) is 0 Å². The third-order valence-corrected chi connectivity index (χ3v) is 7.24. The summed E-state index contributed by atoms with van der Waals surface area (Å²) < 4.78 is 88.6. The molecule has 0 aliphatic heterocycles. The van der Waals surface area contributed by atoms with Crippen LogP contribution >= 0.6 is 0 Å². The fourth-order valence-corrected chi connectivity index (χ4v) is 4.75. The van der Waals surface area contributed by atoms with Gasteiger partial charge in [-0.2, -0.15) is 26.2 Å². The minimum absolute atomic E-state index is 0.0201. The number of hydrogen-bond acceptors (Lipinski definition) is 7. The zero-order valence-electron chi connectivity index (χ0n) is 20.2. The molecule has 0 radical (unpaired) electrons. The Morgan fingerprint density at radius 2 is 1.65 bits per heavy atom. The van der Waals surface area contributed by atoms with Crippen molar-refractivity contribution in [2.45, 2.75) is 0 Å². The zero-order valence-corrected chi connectivity index (χ0v) is 21.8. The lowest BCUT2D eigenvalue weighted by Crippen LogP contribution is -2.28. The summed E-state index contributed by atoms with van der Waals surface area (Å²) in [6.45, 7) is 0. The number of halogens is 2. The van der Waals surface area contributed by atoms with Gasteiger partial charge in [0.1, 0.15) is 11.3 Å². The summed E-state index contributed by atoms with van der Waals surface area (Å²) in [5, 5.41) is 6.51. The number of fused-ring (bicyclic) bond motifs is 1. The van der Waals surface area contributed by atoms with Crippen LogP contribution in [0.15, 0.2) is 48.8 Å². The van der Waals surface area contributed by atoms with Crippen LogP contribution in [0.2, 0.25) is 0 Å². The van der Waals surface area contributed by atoms with E-state index in [4.69, 9.17) is 0 Å². The van der Waals surface area contributed by atoms with Crippen LogP contribution in [0.4, 0.5) is 8.78 Å². The predicted molar refractivity (Wildman–Crippen MR) is 136 cm³/mol. The quantitative estimate of drug-likeness (QED) is 0.347. The van der Waals surface area contributed by atoms with Gasteiger partial charge >= 0.3 is 20.5 Å². The maximum Gasteiger partial charge on any atom is 0.379 e. The number of benzene rings is 2. The van der Waals surface area contributed by atoms with Gasteiger partial charge in [0.15, 0.2) is 11.6 Å². The molecule has 0 saturated heterocycles. The molecular weight excluding hydrogens is 530 g/mol. The highest BCUT2D eigenvalue weighted by Crippen LogP contribution is 2.31. The van der Waals surface area contributed by atoms with Crippen LogP contribution in [0.25, 0.3) is 34.4 Å². The molecule has 0 unspecified atom stereocenters. The van der Waals surface area contributed by atoms with Gasteiger partial charge < -0.3 is 5.32 Å². The molecule has 37 heavy (non-hydrogen) atoms. The Labute approximate surface area is 212 Å². The third-order valence-electron chi connectivity index (χ3n) is 4.83. The number of nitrogens with one attached hydrogen (secondary N) is 1. The molecule has 0 amide bonds. The standard InChI is InChI=1S/C20H17F2N5O5S2.C2H7N/c1-25(2)33(28,29)26-10-9-23-20(26)14-11-16-18(8-5-13-3-6-15(21)7-4-13)24-27(34(30,31)32)19(16)17(22)12-14;1-3-2/h3-12H,1-2H3,(H,30,31,32);3H,1-2H3. The lowest BCUT2D eigenvalue weighted by Gasteiger charge is -2.14. The van der Waals surface area contributed by atoms with E-state index in [0.717, 1.165) is 14.3 Å². The van der Waals surface area contributed by atoms with E-state index < -0.39 is 37.7 Å². The van der Waals surface area contributed by atoms with Gasteiger partial charge in [-0.1, -0.05) is 18.2 Å². The molecule has 2 aromatic carbocycles. The predicted octanol–water partition coefficient (Wildman–Crippen LogP) is 2.49. The fraction of sp³-hybridized carbons (Fsp3) is 0.182. The first kappa shape index (κ1) is 28.1. The van der Waals surface area contributed by atoms with Crippen molar-refractivity contribution in [3.05, 3.63) is 71.7 Å². The second kappa shape index (κ2) is 10.9. The van der Waals surface area contributed by atoms with Gasteiger partial charge in [-0.05, 0) is 50.0 Å². The molecule has 0 atom stereocenters. The smallest absolute Gasteiger partial charge is 0.323 e. The summed E-state index contributed by atoms with van der Waals surface area (Å²) in [6.07, 6.45) is 5.24. The van der Waals surface area contributed by atoms with Gasteiger partial charge in [-0.15, -0.1) is 4.09 Å². The first-order chi connectivity index (χ1) is 17.3. The largest absolute Gasteiger partial charge is 0.379 e. The Balaban J connectivity index is 0.00000121. The van der Waals surface area contributed by atoms with Crippen LogP contribution in [-0.4, -0.2) is 72.0 Å². The average Bonchev–Trinajstić information content (AvgIpc) is 3.45. The number of nitrogens with zero attached hydrogens (tertiary/aromatic N) is 5. The second-order valence-corrected chi connectivity index (χ2v) is 11.0. The van der Waals surface area contributed by atoms with Crippen LogP contribution in [0.5, 0.6) is 0 Å². The summed E-state index contributed by atoms with van der Waals surface area (Å²) in [5.74, 6) is -1.66. The summed E-state index contributed by atoms with van der Waals surface area (Å²) in [7, 11) is -2.58. The van der Waals surface area contributed by atoms with Crippen molar-refractivity contribution in [1.82, 2.24) is 27.8 Å². The number of rotatable bonds is 6. The maximum absolute atomic E-state index is 15.1. The number of hydrogen-bond donors (Lipinski definition) is 2. The topological polar surface area (TPSA) is 139 Å². The molecule has 0 saturated carbocycles. The molecular formula is C22H24F2N6O5S2. The van der Waals surface area contributed by atoms with Crippen LogP contribution < -0.4 is 5.32 Å². The van der Waals surface area contributed by atoms with E-state index in [2.05, 4.69) is 15.4 Å². The van der Waals surface area contributed by atoms with E-state index in [-0.39, 0.29) is 26.6 Å². The molecule has 2 aromatic heterocycles. The molecule has 4 aromatic rings. The van der Waals surface area contributed by atoms with Crippen LogP contribution in [-0.2, 0) is 20.5 Å². The van der Waals surface area contributed by atoms with Crippen molar-refractivity contribution in [3.63, 3.8) is 0 Å². The third kappa shape index (κ3) is 5.91. The van der Waals surface area contributed by atoms with Crippen molar-refractivity contribution in [3.8, 4) is 11.4 Å². The SMILES string of the molecule is CN(C)S(=O)(=O)n1ccnc1-c1cc(F)c2c(c1)c(C=Cc1ccc(F)cc1)nn2S(=O)(=O)O.CNC. The van der Waals surface area contributed by atoms with Gasteiger partial charge in [-0.25, -0.2) is 17.7 Å². The van der Waals surface area contributed by atoms with Crippen molar-refractivity contribution in [2.75, 3.05) is 28.2 Å². The summed E-state index contributed by atoms with van der Waals surface area (Å²) in [5.41, 5.74) is -0.0307. The molecule has 0 bridgehead atoms. The zero-order chi connectivity index (χ0) is 27.5. The minimum Gasteiger partial charge on any atom is -0.323 e. The lowest BCUT2D eigenvalue weighted by atomic mass is 10.1. The summed E-state index contributed by atoms with van der Waals surface area (Å²) in [4.78, 5) is 4.01. The Hall–Kier alpha value is -3.50. The molecule has 15 heteroatoms. The van der Waals surface area contributed by atoms with Crippen LogP contribution in [0.3, 0.4) is 0 Å². The maximum atomic E-state index is 15.1. The van der Waals surface area contributed by atoms with Gasteiger partial charge in [0, 0.05) is 37.4 Å². The minimum atomic E-state index is -4.97. The molecule has 11 nitrogen and oxygen atoms in total. The van der Waals surface area contributed by atoms with Crippen molar-refractivity contribution < 1.29 is 30.2 Å². The fourth-order valence-electron chi connectivity index (χ4n) is 3.21.